The van der Waals surface area contributed by atoms with Gasteiger partial charge in [-0.15, -0.1) is 0 Å². The van der Waals surface area contributed by atoms with Crippen molar-refractivity contribution in [2.75, 3.05) is 26.7 Å². The predicted molar refractivity (Wildman–Crippen MR) is 76.7 cm³/mol. The summed E-state index contributed by atoms with van der Waals surface area (Å²) in [6.45, 7) is 2.75. The van der Waals surface area contributed by atoms with Gasteiger partial charge in [-0.2, -0.15) is 0 Å². The SMILES string of the molecule is CN1CCC(CNC(=O)c2cccc(Br)c2F)CC1. The van der Waals surface area contributed by atoms with E-state index in [0.29, 0.717) is 16.9 Å². The smallest absolute Gasteiger partial charge is 0.254 e. The predicted octanol–water partition coefficient (Wildman–Crippen LogP) is 2.66. The Morgan fingerprint density at radius 3 is 2.84 bits per heavy atom. The molecular formula is C14H18BrFN2O. The Morgan fingerprint density at radius 1 is 1.47 bits per heavy atom. The van der Waals surface area contributed by atoms with Gasteiger partial charge in [0.25, 0.3) is 5.91 Å². The highest BCUT2D eigenvalue weighted by Crippen LogP contribution is 2.19. The molecule has 1 aromatic carbocycles. The molecule has 0 saturated carbocycles. The molecule has 0 aliphatic carbocycles. The number of nitrogens with zero attached hydrogens (tertiary/aromatic N) is 1. The van der Waals surface area contributed by atoms with Crippen LogP contribution in [0.1, 0.15) is 23.2 Å². The Kier molecular flexibility index (Phi) is 4.93. The van der Waals surface area contributed by atoms with E-state index in [9.17, 15) is 9.18 Å². The number of carbonyl (C=O) groups excluding carboxylic acids is 1. The first-order valence-corrected chi connectivity index (χ1v) is 7.28. The van der Waals surface area contributed by atoms with Crippen molar-refractivity contribution in [2.24, 2.45) is 5.92 Å². The van der Waals surface area contributed by atoms with E-state index in [1.165, 1.54) is 6.07 Å². The lowest BCUT2D eigenvalue weighted by molar-refractivity contribution is 0.0935. The van der Waals surface area contributed by atoms with Crippen molar-refractivity contribution in [3.05, 3.63) is 34.1 Å². The summed E-state index contributed by atoms with van der Waals surface area (Å²) in [6, 6.07) is 4.75. The molecule has 2 rings (SSSR count). The minimum Gasteiger partial charge on any atom is -0.352 e. The van der Waals surface area contributed by atoms with Crippen LogP contribution in [0, 0.1) is 11.7 Å². The molecule has 1 amide bonds. The first kappa shape index (κ1) is 14.5. The Labute approximate surface area is 121 Å². The zero-order valence-electron chi connectivity index (χ0n) is 11.0. The van der Waals surface area contributed by atoms with E-state index >= 15 is 0 Å². The highest BCUT2D eigenvalue weighted by Gasteiger charge is 2.19. The molecule has 19 heavy (non-hydrogen) atoms. The maximum absolute atomic E-state index is 13.8. The Balaban J connectivity index is 1.89. The molecule has 0 aromatic heterocycles. The van der Waals surface area contributed by atoms with Gasteiger partial charge in [0.15, 0.2) is 0 Å². The summed E-state index contributed by atoms with van der Waals surface area (Å²) in [5.74, 6) is -0.337. The van der Waals surface area contributed by atoms with E-state index in [4.69, 9.17) is 0 Å². The average molecular weight is 329 g/mol. The van der Waals surface area contributed by atoms with Crippen LogP contribution in [0.15, 0.2) is 22.7 Å². The van der Waals surface area contributed by atoms with Gasteiger partial charge in [-0.3, -0.25) is 4.79 Å². The lowest BCUT2D eigenvalue weighted by Crippen LogP contribution is -2.37. The van der Waals surface area contributed by atoms with Crippen molar-refractivity contribution in [1.29, 1.82) is 0 Å². The number of amides is 1. The van der Waals surface area contributed by atoms with Crippen LogP contribution in [-0.2, 0) is 0 Å². The summed E-state index contributed by atoms with van der Waals surface area (Å²) in [6.07, 6.45) is 2.16. The second-order valence-corrected chi connectivity index (χ2v) is 5.91. The highest BCUT2D eigenvalue weighted by molar-refractivity contribution is 9.10. The largest absolute Gasteiger partial charge is 0.352 e. The van der Waals surface area contributed by atoms with Crippen LogP contribution in [-0.4, -0.2) is 37.5 Å². The van der Waals surface area contributed by atoms with Gasteiger partial charge in [0.05, 0.1) is 10.0 Å². The normalized spacial score (nSPS) is 17.4. The minimum atomic E-state index is -0.497. The Hall–Kier alpha value is -0.940. The Morgan fingerprint density at radius 2 is 2.16 bits per heavy atom. The third-order valence-electron chi connectivity index (χ3n) is 3.59. The summed E-state index contributed by atoms with van der Waals surface area (Å²) < 4.78 is 14.1. The number of hydrogen-bond acceptors (Lipinski definition) is 2. The number of hydrogen-bond donors (Lipinski definition) is 1. The number of likely N-dealkylation sites (tertiary alicyclic amines) is 1. The van der Waals surface area contributed by atoms with E-state index in [1.54, 1.807) is 12.1 Å². The van der Waals surface area contributed by atoms with Crippen LogP contribution in [0.4, 0.5) is 4.39 Å². The molecule has 1 aromatic rings. The highest BCUT2D eigenvalue weighted by atomic mass is 79.9. The molecule has 0 spiro atoms. The molecule has 0 bridgehead atoms. The second kappa shape index (κ2) is 6.48. The van der Waals surface area contributed by atoms with Crippen molar-refractivity contribution in [3.63, 3.8) is 0 Å². The van der Waals surface area contributed by atoms with E-state index < -0.39 is 5.82 Å². The molecule has 1 fully saturated rings. The number of carbonyl (C=O) groups is 1. The molecule has 0 radical (unpaired) electrons. The fourth-order valence-corrected chi connectivity index (χ4v) is 2.64. The lowest BCUT2D eigenvalue weighted by Gasteiger charge is -2.28. The molecule has 104 valence electrons. The molecule has 1 aliphatic rings. The van der Waals surface area contributed by atoms with Gasteiger partial charge in [0.2, 0.25) is 0 Å². The van der Waals surface area contributed by atoms with E-state index in [2.05, 4.69) is 33.2 Å². The van der Waals surface area contributed by atoms with Gasteiger partial charge in [0.1, 0.15) is 5.82 Å². The lowest BCUT2D eigenvalue weighted by atomic mass is 9.97. The average Bonchev–Trinajstić information content (AvgIpc) is 2.41. The van der Waals surface area contributed by atoms with Crippen molar-refractivity contribution in [1.82, 2.24) is 10.2 Å². The fourth-order valence-electron chi connectivity index (χ4n) is 2.28. The van der Waals surface area contributed by atoms with E-state index in [0.717, 1.165) is 25.9 Å². The zero-order valence-corrected chi connectivity index (χ0v) is 12.5. The van der Waals surface area contributed by atoms with Gasteiger partial charge < -0.3 is 10.2 Å². The van der Waals surface area contributed by atoms with Crippen LogP contribution in [0.3, 0.4) is 0 Å². The molecule has 1 heterocycles. The monoisotopic (exact) mass is 328 g/mol. The van der Waals surface area contributed by atoms with E-state index in [1.807, 2.05) is 0 Å². The molecule has 1 aliphatic heterocycles. The summed E-state index contributed by atoms with van der Waals surface area (Å²) in [7, 11) is 2.10. The molecule has 1 N–H and O–H groups in total. The van der Waals surface area contributed by atoms with Crippen LogP contribution in [0.2, 0.25) is 0 Å². The summed E-state index contributed by atoms with van der Waals surface area (Å²) in [5, 5.41) is 2.83. The molecule has 0 unspecified atom stereocenters. The van der Waals surface area contributed by atoms with Gasteiger partial charge in [-0.25, -0.2) is 4.39 Å². The number of halogens is 2. The fraction of sp³-hybridized carbons (Fsp3) is 0.500. The van der Waals surface area contributed by atoms with Gasteiger partial charge in [-0.05, 0) is 67.0 Å². The summed E-state index contributed by atoms with van der Waals surface area (Å²) >= 11 is 3.09. The number of benzene rings is 1. The quantitative estimate of drug-likeness (QED) is 0.925. The van der Waals surface area contributed by atoms with Gasteiger partial charge >= 0.3 is 0 Å². The Bertz CT molecular complexity index is 459. The summed E-state index contributed by atoms with van der Waals surface area (Å²) in [5.41, 5.74) is 0.0994. The third kappa shape index (κ3) is 3.76. The van der Waals surface area contributed by atoms with Crippen molar-refractivity contribution in [2.45, 2.75) is 12.8 Å². The van der Waals surface area contributed by atoms with E-state index in [-0.39, 0.29) is 11.5 Å². The first-order chi connectivity index (χ1) is 9.08. The van der Waals surface area contributed by atoms with Crippen molar-refractivity contribution in [3.8, 4) is 0 Å². The molecule has 1 saturated heterocycles. The number of piperidine rings is 1. The second-order valence-electron chi connectivity index (χ2n) is 5.06. The molecule has 3 nitrogen and oxygen atoms in total. The standard InChI is InChI=1S/C14H18BrFN2O/c1-18-7-5-10(6-8-18)9-17-14(19)11-3-2-4-12(15)13(11)16/h2-4,10H,5-9H2,1H3,(H,17,19). The third-order valence-corrected chi connectivity index (χ3v) is 4.20. The van der Waals surface area contributed by atoms with Gasteiger partial charge in [-0.1, -0.05) is 6.07 Å². The maximum Gasteiger partial charge on any atom is 0.254 e. The van der Waals surface area contributed by atoms with Gasteiger partial charge in [0, 0.05) is 6.54 Å². The zero-order chi connectivity index (χ0) is 13.8. The minimum absolute atomic E-state index is 0.0994. The van der Waals surface area contributed by atoms with Crippen LogP contribution >= 0.6 is 15.9 Å². The number of nitrogens with one attached hydrogen (secondary N) is 1. The molecule has 5 heteroatoms. The van der Waals surface area contributed by atoms with Crippen LogP contribution < -0.4 is 5.32 Å². The maximum atomic E-state index is 13.8. The first-order valence-electron chi connectivity index (χ1n) is 6.48. The molecule has 0 atom stereocenters. The van der Waals surface area contributed by atoms with Crippen molar-refractivity contribution < 1.29 is 9.18 Å². The van der Waals surface area contributed by atoms with Crippen LogP contribution in [0.5, 0.6) is 0 Å². The number of rotatable bonds is 3. The van der Waals surface area contributed by atoms with Crippen LogP contribution in [0.25, 0.3) is 0 Å². The van der Waals surface area contributed by atoms with Crippen molar-refractivity contribution >= 4 is 21.8 Å². The molecular weight excluding hydrogens is 311 g/mol. The summed E-state index contributed by atoms with van der Waals surface area (Å²) in [4.78, 5) is 14.2. The topological polar surface area (TPSA) is 32.3 Å².